The highest BCUT2D eigenvalue weighted by Crippen LogP contribution is 2.31. The Kier molecular flexibility index (Phi) is 4.89. The van der Waals surface area contributed by atoms with Gasteiger partial charge in [0, 0.05) is 18.8 Å². The molecule has 3 N–H and O–H groups in total. The van der Waals surface area contributed by atoms with Crippen LogP contribution < -0.4 is 20.7 Å². The Morgan fingerprint density at radius 1 is 1.12 bits per heavy atom. The lowest BCUT2D eigenvalue weighted by molar-refractivity contribution is 0.102. The fourth-order valence-electron chi connectivity index (χ4n) is 3.09. The van der Waals surface area contributed by atoms with Crippen molar-refractivity contribution in [3.63, 3.8) is 0 Å². The Labute approximate surface area is 142 Å². The van der Waals surface area contributed by atoms with Gasteiger partial charge in [0.05, 0.1) is 24.0 Å². The van der Waals surface area contributed by atoms with E-state index < -0.39 is 0 Å². The lowest BCUT2D eigenvalue weighted by atomic mass is 10.1. The number of rotatable bonds is 4. The van der Waals surface area contributed by atoms with Crippen molar-refractivity contribution in [3.05, 3.63) is 48.0 Å². The first-order valence-corrected chi connectivity index (χ1v) is 8.28. The first-order valence-electron chi connectivity index (χ1n) is 8.28. The number of carbonyl (C=O) groups is 1. The number of hydrogen-bond acceptors (Lipinski definition) is 4. The van der Waals surface area contributed by atoms with Crippen molar-refractivity contribution >= 4 is 23.0 Å². The summed E-state index contributed by atoms with van der Waals surface area (Å²) >= 11 is 0. The van der Waals surface area contributed by atoms with Crippen LogP contribution in [0, 0.1) is 0 Å². The van der Waals surface area contributed by atoms with Gasteiger partial charge in [-0.3, -0.25) is 4.79 Å². The number of nitrogens with one attached hydrogen (secondary N) is 1. The van der Waals surface area contributed by atoms with Gasteiger partial charge >= 0.3 is 0 Å². The molecule has 0 aliphatic carbocycles. The summed E-state index contributed by atoms with van der Waals surface area (Å²) in [7, 11) is 1.56. The Bertz CT molecular complexity index is 724. The molecular formula is C19H23N3O2. The molecule has 1 amide bonds. The molecule has 24 heavy (non-hydrogen) atoms. The summed E-state index contributed by atoms with van der Waals surface area (Å²) in [4.78, 5) is 15.0. The van der Waals surface area contributed by atoms with Gasteiger partial charge in [-0.2, -0.15) is 0 Å². The Morgan fingerprint density at radius 2 is 1.88 bits per heavy atom. The monoisotopic (exact) mass is 325 g/mol. The molecule has 5 nitrogen and oxygen atoms in total. The van der Waals surface area contributed by atoms with Gasteiger partial charge in [0.25, 0.3) is 5.91 Å². The summed E-state index contributed by atoms with van der Waals surface area (Å²) in [5, 5.41) is 3.00. The van der Waals surface area contributed by atoms with Crippen molar-refractivity contribution in [2.24, 2.45) is 0 Å². The molecular weight excluding hydrogens is 302 g/mol. The third kappa shape index (κ3) is 3.45. The lowest BCUT2D eigenvalue weighted by Crippen LogP contribution is -2.30. The first kappa shape index (κ1) is 16.2. The molecule has 0 atom stereocenters. The van der Waals surface area contributed by atoms with Gasteiger partial charge in [0.2, 0.25) is 0 Å². The molecule has 0 bridgehead atoms. The van der Waals surface area contributed by atoms with Crippen LogP contribution in [0.3, 0.4) is 0 Å². The van der Waals surface area contributed by atoms with Crippen LogP contribution in [-0.2, 0) is 0 Å². The number of carbonyl (C=O) groups excluding carboxylic acids is 1. The van der Waals surface area contributed by atoms with Crippen molar-refractivity contribution in [1.29, 1.82) is 0 Å². The molecule has 1 aliphatic heterocycles. The van der Waals surface area contributed by atoms with Crippen molar-refractivity contribution in [3.8, 4) is 5.75 Å². The maximum absolute atomic E-state index is 12.7. The number of nitrogens with zero attached hydrogens (tertiary/aromatic N) is 1. The van der Waals surface area contributed by atoms with Gasteiger partial charge in [0.15, 0.2) is 0 Å². The quantitative estimate of drug-likeness (QED) is 0.844. The van der Waals surface area contributed by atoms with Crippen LogP contribution in [0.25, 0.3) is 0 Å². The number of ether oxygens (including phenoxy) is 1. The summed E-state index contributed by atoms with van der Waals surface area (Å²) in [6.07, 6.45) is 3.60. The number of benzene rings is 2. The number of anilines is 3. The van der Waals surface area contributed by atoms with Crippen LogP contribution in [-0.4, -0.2) is 26.1 Å². The van der Waals surface area contributed by atoms with Crippen LogP contribution in [0.4, 0.5) is 17.1 Å². The zero-order valence-corrected chi connectivity index (χ0v) is 13.9. The maximum atomic E-state index is 12.7. The smallest absolute Gasteiger partial charge is 0.259 e. The average Bonchev–Trinajstić information content (AvgIpc) is 2.62. The zero-order chi connectivity index (χ0) is 16.9. The van der Waals surface area contributed by atoms with Crippen LogP contribution >= 0.6 is 0 Å². The molecule has 0 radical (unpaired) electrons. The zero-order valence-electron chi connectivity index (χ0n) is 13.9. The molecule has 1 saturated heterocycles. The van der Waals surface area contributed by atoms with Crippen molar-refractivity contribution in [2.45, 2.75) is 19.3 Å². The minimum Gasteiger partial charge on any atom is -0.496 e. The van der Waals surface area contributed by atoms with E-state index in [1.165, 1.54) is 19.3 Å². The minimum atomic E-state index is -0.198. The minimum absolute atomic E-state index is 0.198. The van der Waals surface area contributed by atoms with Gasteiger partial charge in [-0.25, -0.2) is 0 Å². The second-order valence-electron chi connectivity index (χ2n) is 5.98. The molecule has 5 heteroatoms. The average molecular weight is 325 g/mol. The summed E-state index contributed by atoms with van der Waals surface area (Å²) in [6.45, 7) is 2.00. The predicted octanol–water partition coefficient (Wildman–Crippen LogP) is 3.52. The molecule has 3 rings (SSSR count). The van der Waals surface area contributed by atoms with Gasteiger partial charge in [0.1, 0.15) is 5.75 Å². The van der Waals surface area contributed by atoms with E-state index in [1.54, 1.807) is 19.2 Å². The Balaban J connectivity index is 1.88. The van der Waals surface area contributed by atoms with Crippen molar-refractivity contribution in [2.75, 3.05) is 36.1 Å². The van der Waals surface area contributed by atoms with Gasteiger partial charge in [-0.1, -0.05) is 12.1 Å². The van der Waals surface area contributed by atoms with Crippen LogP contribution in [0.2, 0.25) is 0 Å². The molecule has 1 heterocycles. The first-order chi connectivity index (χ1) is 11.7. The molecule has 1 fully saturated rings. The molecule has 2 aromatic rings. The van der Waals surface area contributed by atoms with Gasteiger partial charge in [-0.15, -0.1) is 0 Å². The lowest BCUT2D eigenvalue weighted by Gasteiger charge is -2.30. The Morgan fingerprint density at radius 3 is 2.62 bits per heavy atom. The highest BCUT2D eigenvalue weighted by Gasteiger charge is 2.18. The summed E-state index contributed by atoms with van der Waals surface area (Å²) in [6, 6.07) is 12.9. The van der Waals surface area contributed by atoms with E-state index in [0.29, 0.717) is 17.0 Å². The highest BCUT2D eigenvalue weighted by atomic mass is 16.5. The fourth-order valence-corrected chi connectivity index (χ4v) is 3.09. The van der Waals surface area contributed by atoms with E-state index in [0.717, 1.165) is 24.5 Å². The molecule has 126 valence electrons. The number of hydrogen-bond donors (Lipinski definition) is 2. The van der Waals surface area contributed by atoms with Gasteiger partial charge in [-0.05, 0) is 49.6 Å². The number of para-hydroxylation sites is 1. The third-order valence-electron chi connectivity index (χ3n) is 4.32. The summed E-state index contributed by atoms with van der Waals surface area (Å²) in [5.41, 5.74) is 8.83. The number of nitrogens with two attached hydrogens (primary N) is 1. The fraction of sp³-hybridized carbons (Fsp3) is 0.316. The largest absolute Gasteiger partial charge is 0.496 e. The van der Waals surface area contributed by atoms with E-state index in [1.807, 2.05) is 30.3 Å². The third-order valence-corrected chi connectivity index (χ3v) is 4.32. The number of nitrogen functional groups attached to an aromatic ring is 1. The maximum Gasteiger partial charge on any atom is 0.259 e. The second-order valence-corrected chi connectivity index (χ2v) is 5.98. The molecule has 0 unspecified atom stereocenters. The van der Waals surface area contributed by atoms with E-state index >= 15 is 0 Å². The summed E-state index contributed by atoms with van der Waals surface area (Å²) < 4.78 is 5.28. The van der Waals surface area contributed by atoms with Crippen molar-refractivity contribution in [1.82, 2.24) is 0 Å². The van der Waals surface area contributed by atoms with Gasteiger partial charge < -0.3 is 20.7 Å². The van der Waals surface area contributed by atoms with E-state index in [2.05, 4.69) is 10.2 Å². The Hall–Kier alpha value is -2.69. The van der Waals surface area contributed by atoms with Crippen LogP contribution in [0.5, 0.6) is 5.75 Å². The van der Waals surface area contributed by atoms with E-state index in [4.69, 9.17) is 10.5 Å². The summed E-state index contributed by atoms with van der Waals surface area (Å²) in [5.74, 6) is 0.356. The molecule has 0 spiro atoms. The van der Waals surface area contributed by atoms with Crippen LogP contribution in [0.15, 0.2) is 42.5 Å². The molecule has 0 aromatic heterocycles. The standard InChI is InChI=1S/C19H23N3O2/c1-24-18-8-4-3-7-15(18)19(23)21-16-13-14(20)9-10-17(16)22-11-5-2-6-12-22/h3-4,7-10,13H,2,5-6,11-12,20H2,1H3,(H,21,23). The number of amides is 1. The second kappa shape index (κ2) is 7.25. The highest BCUT2D eigenvalue weighted by molar-refractivity contribution is 6.08. The van der Waals surface area contributed by atoms with Crippen molar-refractivity contribution < 1.29 is 9.53 Å². The SMILES string of the molecule is COc1ccccc1C(=O)Nc1cc(N)ccc1N1CCCCC1. The van der Waals surface area contributed by atoms with E-state index in [9.17, 15) is 4.79 Å². The number of piperidine rings is 1. The van der Waals surface area contributed by atoms with E-state index in [-0.39, 0.29) is 5.91 Å². The van der Waals surface area contributed by atoms with Crippen LogP contribution in [0.1, 0.15) is 29.6 Å². The normalized spacial score (nSPS) is 14.3. The molecule has 0 saturated carbocycles. The predicted molar refractivity (Wildman–Crippen MR) is 97.9 cm³/mol. The topological polar surface area (TPSA) is 67.6 Å². The molecule has 1 aliphatic rings. The number of methoxy groups -OCH3 is 1. The molecule has 2 aromatic carbocycles.